The summed E-state index contributed by atoms with van der Waals surface area (Å²) >= 11 is 11.7. The van der Waals surface area contributed by atoms with Crippen LogP contribution in [-0.2, 0) is 4.79 Å². The first-order chi connectivity index (χ1) is 15.2. The maximum atomic E-state index is 13.4. The van der Waals surface area contributed by atoms with Gasteiger partial charge in [0, 0.05) is 28.0 Å². The van der Waals surface area contributed by atoms with Crippen LogP contribution in [0.25, 0.3) is 0 Å². The summed E-state index contributed by atoms with van der Waals surface area (Å²) in [4.78, 5) is 13.4. The van der Waals surface area contributed by atoms with Crippen LogP contribution in [0.15, 0.2) is 55.3 Å². The third kappa shape index (κ3) is 5.06. The fourth-order valence-corrected chi connectivity index (χ4v) is 4.03. The monoisotopic (exact) mass is 471 g/mol. The lowest BCUT2D eigenvalue weighted by Crippen LogP contribution is -2.51. The molecule has 0 aliphatic carbocycles. The molecule has 3 N–H and O–H groups in total. The average molecular weight is 472 g/mol. The topological polar surface area (TPSA) is 71.6 Å². The minimum Gasteiger partial charge on any atom is -0.493 e. The Morgan fingerprint density at radius 2 is 2.03 bits per heavy atom. The maximum Gasteiger partial charge on any atom is 0.235 e. The second-order valence-electron chi connectivity index (χ2n) is 7.49. The van der Waals surface area contributed by atoms with Crippen molar-refractivity contribution in [2.75, 3.05) is 19.0 Å². The molecule has 0 aromatic heterocycles. The van der Waals surface area contributed by atoms with E-state index in [2.05, 4.69) is 29.1 Å². The molecule has 2 aromatic carbocycles. The molecule has 2 aromatic rings. The molecule has 1 heterocycles. The number of carbonyl (C=O) groups is 1. The number of carbonyl (C=O) groups excluding carboxylic acids is 1. The molecule has 1 amide bonds. The van der Waals surface area contributed by atoms with Gasteiger partial charge in [0.2, 0.25) is 5.91 Å². The Labute approximate surface area is 198 Å². The predicted molar refractivity (Wildman–Crippen MR) is 132 cm³/mol. The highest BCUT2D eigenvalue weighted by atomic mass is 35.5. The number of thiocarbonyl (C=S) groups is 1. The minimum absolute atomic E-state index is 0.251. The van der Waals surface area contributed by atoms with E-state index in [1.165, 1.54) is 7.11 Å². The molecule has 0 bridgehead atoms. The van der Waals surface area contributed by atoms with Crippen molar-refractivity contribution in [2.24, 2.45) is 5.92 Å². The normalized spacial score (nSPS) is 17.8. The molecule has 3 rings (SSSR count). The Morgan fingerprint density at radius 1 is 1.28 bits per heavy atom. The highest BCUT2D eigenvalue weighted by Gasteiger charge is 2.39. The van der Waals surface area contributed by atoms with E-state index in [1.54, 1.807) is 18.2 Å². The summed E-state index contributed by atoms with van der Waals surface area (Å²) in [6.45, 7) is 12.0. The van der Waals surface area contributed by atoms with E-state index in [-0.39, 0.29) is 12.5 Å². The molecule has 8 heteroatoms. The number of hydrogen-bond donors (Lipinski definition) is 3. The lowest BCUT2D eigenvalue weighted by Gasteiger charge is -2.36. The van der Waals surface area contributed by atoms with Gasteiger partial charge in [0.1, 0.15) is 12.5 Å². The van der Waals surface area contributed by atoms with Crippen LogP contribution in [0.2, 0.25) is 5.02 Å². The van der Waals surface area contributed by atoms with Gasteiger partial charge in [-0.3, -0.25) is 4.79 Å². The molecule has 168 valence electrons. The van der Waals surface area contributed by atoms with Crippen LogP contribution in [0.3, 0.4) is 0 Å². The van der Waals surface area contributed by atoms with Crippen molar-refractivity contribution < 1.29 is 14.3 Å². The zero-order chi connectivity index (χ0) is 23.4. The Kier molecular flexibility index (Phi) is 7.43. The van der Waals surface area contributed by atoms with E-state index in [1.807, 2.05) is 32.0 Å². The van der Waals surface area contributed by atoms with Gasteiger partial charge in [-0.05, 0) is 55.4 Å². The summed E-state index contributed by atoms with van der Waals surface area (Å²) < 4.78 is 11.4. The summed E-state index contributed by atoms with van der Waals surface area (Å²) in [5, 5.41) is 9.92. The predicted octanol–water partition coefficient (Wildman–Crippen LogP) is 4.82. The lowest BCUT2D eigenvalue weighted by molar-refractivity contribution is -0.119. The van der Waals surface area contributed by atoms with E-state index < -0.39 is 12.0 Å². The standard InChI is InChI=1S/C24H26ClN3O3S/c1-6-9-31-22-18(11-16(25)12-19(22)30-5)21-20(15(4)26-24(32)28-21)23(29)27-17-8-7-13(2)14(3)10-17/h6-8,10-12,20-21H,1,4,9H2,2-3,5H3,(H,27,29)(H2,26,28,32)/t20-,21+/m0/s1. The van der Waals surface area contributed by atoms with E-state index >= 15 is 0 Å². The highest BCUT2D eigenvalue weighted by molar-refractivity contribution is 7.80. The van der Waals surface area contributed by atoms with Gasteiger partial charge in [0.05, 0.1) is 13.2 Å². The Morgan fingerprint density at radius 3 is 2.69 bits per heavy atom. The number of ether oxygens (including phenoxy) is 2. The maximum absolute atomic E-state index is 13.4. The number of aryl methyl sites for hydroxylation is 2. The molecular weight excluding hydrogens is 446 g/mol. The SMILES string of the molecule is C=CCOc1c(OC)cc(Cl)cc1[C@H]1NC(=S)NC(=C)[C@@H]1C(=O)Nc1ccc(C)c(C)c1. The Hall–Kier alpha value is -3.03. The largest absolute Gasteiger partial charge is 0.493 e. The van der Waals surface area contributed by atoms with E-state index in [0.717, 1.165) is 11.1 Å². The number of anilines is 1. The molecule has 32 heavy (non-hydrogen) atoms. The molecule has 2 atom stereocenters. The van der Waals surface area contributed by atoms with Crippen LogP contribution in [-0.4, -0.2) is 24.7 Å². The van der Waals surface area contributed by atoms with E-state index in [9.17, 15) is 4.79 Å². The van der Waals surface area contributed by atoms with Crippen molar-refractivity contribution in [3.8, 4) is 11.5 Å². The third-order valence-corrected chi connectivity index (χ3v) is 5.71. The molecule has 6 nitrogen and oxygen atoms in total. The number of rotatable bonds is 7. The molecule has 0 radical (unpaired) electrons. The van der Waals surface area contributed by atoms with E-state index in [4.69, 9.17) is 33.3 Å². The van der Waals surface area contributed by atoms with Gasteiger partial charge in [-0.15, -0.1) is 0 Å². The number of halogens is 1. The number of benzene rings is 2. The first-order valence-corrected chi connectivity index (χ1v) is 10.8. The number of nitrogens with one attached hydrogen (secondary N) is 3. The fourth-order valence-electron chi connectivity index (χ4n) is 3.56. The molecule has 1 fully saturated rings. The number of amides is 1. The summed E-state index contributed by atoms with van der Waals surface area (Å²) in [7, 11) is 1.53. The molecule has 1 aliphatic heterocycles. The quantitative estimate of drug-likeness (QED) is 0.397. The Balaban J connectivity index is 2.04. The van der Waals surface area contributed by atoms with E-state index in [0.29, 0.717) is 38.6 Å². The molecule has 1 saturated heterocycles. The third-order valence-electron chi connectivity index (χ3n) is 5.28. The Bertz CT molecular complexity index is 1090. The van der Waals surface area contributed by atoms with Gasteiger partial charge in [0.15, 0.2) is 16.6 Å². The van der Waals surface area contributed by atoms with Crippen molar-refractivity contribution in [2.45, 2.75) is 19.9 Å². The number of hydrogen-bond acceptors (Lipinski definition) is 4. The van der Waals surface area contributed by atoms with Crippen LogP contribution in [0.4, 0.5) is 5.69 Å². The van der Waals surface area contributed by atoms with Gasteiger partial charge < -0.3 is 25.4 Å². The summed E-state index contributed by atoms with van der Waals surface area (Å²) in [6.07, 6.45) is 1.63. The van der Waals surface area contributed by atoms with Gasteiger partial charge in [0.25, 0.3) is 0 Å². The van der Waals surface area contributed by atoms with Crippen LogP contribution in [0.5, 0.6) is 11.5 Å². The van der Waals surface area contributed by atoms with Crippen molar-refractivity contribution in [1.82, 2.24) is 10.6 Å². The smallest absolute Gasteiger partial charge is 0.235 e. The lowest BCUT2D eigenvalue weighted by atomic mass is 9.87. The minimum atomic E-state index is -0.711. The average Bonchev–Trinajstić information content (AvgIpc) is 2.74. The fraction of sp³-hybridized carbons (Fsp3) is 0.250. The van der Waals surface area contributed by atoms with Crippen LogP contribution < -0.4 is 25.4 Å². The first kappa shape index (κ1) is 23.6. The van der Waals surface area contributed by atoms with Crippen molar-refractivity contribution >= 4 is 40.5 Å². The van der Waals surface area contributed by atoms with Crippen molar-refractivity contribution in [1.29, 1.82) is 0 Å². The summed E-state index contributed by atoms with van der Waals surface area (Å²) in [5.41, 5.74) is 4.02. The summed E-state index contributed by atoms with van der Waals surface area (Å²) in [5.74, 6) is -0.0627. The van der Waals surface area contributed by atoms with Gasteiger partial charge >= 0.3 is 0 Å². The summed E-state index contributed by atoms with van der Waals surface area (Å²) in [6, 6.07) is 8.57. The zero-order valence-corrected chi connectivity index (χ0v) is 19.8. The van der Waals surface area contributed by atoms with Crippen molar-refractivity contribution in [3.63, 3.8) is 0 Å². The van der Waals surface area contributed by atoms with Crippen molar-refractivity contribution in [3.05, 3.63) is 77.0 Å². The second kappa shape index (κ2) is 10.1. The van der Waals surface area contributed by atoms with Crippen LogP contribution in [0, 0.1) is 19.8 Å². The highest BCUT2D eigenvalue weighted by Crippen LogP contribution is 2.42. The van der Waals surface area contributed by atoms with Gasteiger partial charge in [-0.2, -0.15) is 0 Å². The molecule has 0 spiro atoms. The van der Waals surface area contributed by atoms with Crippen LogP contribution in [0.1, 0.15) is 22.7 Å². The molecule has 0 saturated carbocycles. The van der Waals surface area contributed by atoms with Crippen LogP contribution >= 0.6 is 23.8 Å². The van der Waals surface area contributed by atoms with Gasteiger partial charge in [-0.1, -0.05) is 36.9 Å². The first-order valence-electron chi connectivity index (χ1n) is 10.0. The molecular formula is C24H26ClN3O3S. The number of methoxy groups -OCH3 is 1. The second-order valence-corrected chi connectivity index (χ2v) is 8.34. The molecule has 0 unspecified atom stereocenters. The zero-order valence-electron chi connectivity index (χ0n) is 18.3. The van der Waals surface area contributed by atoms with Gasteiger partial charge in [-0.25, -0.2) is 0 Å². The molecule has 1 aliphatic rings.